The molecular weight excluding hydrogens is 590 g/mol. The van der Waals surface area contributed by atoms with Gasteiger partial charge in [0.2, 0.25) is 0 Å². The predicted molar refractivity (Wildman–Crippen MR) is 175 cm³/mol. The van der Waals surface area contributed by atoms with Crippen molar-refractivity contribution in [1.29, 1.82) is 0 Å². The first-order chi connectivity index (χ1) is 22.0. The van der Waals surface area contributed by atoms with Crippen LogP contribution >= 0.6 is 0 Å². The average molecular weight is 624 g/mol. The van der Waals surface area contributed by atoms with Gasteiger partial charge >= 0.3 is 5.97 Å². The van der Waals surface area contributed by atoms with Crippen LogP contribution in [0, 0.1) is 13.8 Å². The molecule has 0 bridgehead atoms. The Bertz CT molecular complexity index is 2050. The molecule has 0 spiro atoms. The van der Waals surface area contributed by atoms with Crippen LogP contribution in [0.4, 0.5) is 23.3 Å². The van der Waals surface area contributed by atoms with Crippen molar-refractivity contribution < 1.29 is 24.2 Å². The summed E-state index contributed by atoms with van der Waals surface area (Å²) in [5.74, 6) is 2.30. The van der Waals surface area contributed by atoms with Gasteiger partial charge in [0.1, 0.15) is 28.8 Å². The number of methoxy groups -OCH3 is 2. The first-order valence-electron chi connectivity index (χ1n) is 14.0. The van der Waals surface area contributed by atoms with Gasteiger partial charge in [0, 0.05) is 48.4 Å². The lowest BCUT2D eigenvalue weighted by Crippen LogP contribution is -2.23. The number of benzene rings is 2. The number of fused-ring (bicyclic) bond motifs is 2. The third-order valence-corrected chi connectivity index (χ3v) is 6.81. The van der Waals surface area contributed by atoms with Crippen molar-refractivity contribution in [1.82, 2.24) is 35.3 Å². The Kier molecular flexibility index (Phi) is 8.98. The second-order valence-electron chi connectivity index (χ2n) is 10.5. The topological polar surface area (TPSA) is 183 Å². The quantitative estimate of drug-likeness (QED) is 0.146. The Morgan fingerprint density at radius 2 is 1.15 bits per heavy atom. The molecule has 4 aromatic heterocycles. The summed E-state index contributed by atoms with van der Waals surface area (Å²) in [6, 6.07) is 18.0. The molecule has 14 nitrogen and oxygen atoms in total. The Labute approximate surface area is 263 Å². The van der Waals surface area contributed by atoms with Gasteiger partial charge in [0.25, 0.3) is 5.91 Å². The maximum absolute atomic E-state index is 12.5. The Balaban J connectivity index is 0.000000182. The molecule has 0 fully saturated rings. The number of aromatic carboxylic acids is 1. The number of carboxylic acid groups (broad SMARTS) is 1. The van der Waals surface area contributed by atoms with E-state index in [0.717, 1.165) is 33.3 Å². The molecule has 0 atom stereocenters. The molecule has 5 N–H and O–H groups in total. The number of carbonyl (C=O) groups is 2. The fraction of sp³-hybridized carbons (Fsp3) is 0.188. The Morgan fingerprint density at radius 3 is 1.54 bits per heavy atom. The van der Waals surface area contributed by atoms with Crippen molar-refractivity contribution in [3.05, 3.63) is 83.4 Å². The fourth-order valence-corrected chi connectivity index (χ4v) is 4.62. The van der Waals surface area contributed by atoms with Crippen LogP contribution in [0.2, 0.25) is 0 Å². The first-order valence-corrected chi connectivity index (χ1v) is 14.0. The summed E-state index contributed by atoms with van der Waals surface area (Å²) in [7, 11) is 6.58. The molecule has 2 aromatic carbocycles. The summed E-state index contributed by atoms with van der Waals surface area (Å²) in [5.41, 5.74) is 2.19. The lowest BCUT2D eigenvalue weighted by Gasteiger charge is -2.14. The zero-order valence-electron chi connectivity index (χ0n) is 26.1. The molecule has 1 amide bonds. The highest BCUT2D eigenvalue weighted by Crippen LogP contribution is 2.28. The minimum absolute atomic E-state index is 0.0186. The van der Waals surface area contributed by atoms with E-state index < -0.39 is 5.97 Å². The third-order valence-electron chi connectivity index (χ3n) is 6.81. The fourth-order valence-electron chi connectivity index (χ4n) is 4.62. The second-order valence-corrected chi connectivity index (χ2v) is 10.5. The average Bonchev–Trinajstić information content (AvgIpc) is 3.65. The van der Waals surface area contributed by atoms with E-state index in [1.165, 1.54) is 4.90 Å². The number of H-pyrrole nitrogens is 2. The van der Waals surface area contributed by atoms with Gasteiger partial charge in [-0.2, -0.15) is 10.2 Å². The number of nitrogens with one attached hydrogen (secondary N) is 4. The third kappa shape index (κ3) is 6.96. The Morgan fingerprint density at radius 1 is 0.696 bits per heavy atom. The highest BCUT2D eigenvalue weighted by molar-refractivity contribution is 6.06. The van der Waals surface area contributed by atoms with Gasteiger partial charge in [-0.25, -0.2) is 14.8 Å². The number of carbonyl (C=O) groups excluding carboxylic acids is 1. The number of hydrogen-bond acceptors (Lipinski definition) is 10. The molecule has 6 aromatic rings. The number of hydrogen-bond donors (Lipinski definition) is 5. The number of anilines is 4. The molecule has 0 saturated heterocycles. The summed E-state index contributed by atoms with van der Waals surface area (Å²) in [5, 5.41) is 32.3. The van der Waals surface area contributed by atoms with Crippen LogP contribution in [0.5, 0.6) is 11.5 Å². The van der Waals surface area contributed by atoms with E-state index in [0.29, 0.717) is 40.1 Å². The predicted octanol–water partition coefficient (Wildman–Crippen LogP) is 5.44. The highest BCUT2D eigenvalue weighted by Gasteiger charge is 2.17. The van der Waals surface area contributed by atoms with Crippen molar-refractivity contribution in [2.45, 2.75) is 13.8 Å². The van der Waals surface area contributed by atoms with Crippen LogP contribution in [0.25, 0.3) is 21.5 Å². The molecular formula is C32H33N9O5. The van der Waals surface area contributed by atoms with E-state index in [9.17, 15) is 14.7 Å². The minimum Gasteiger partial charge on any atom is -0.497 e. The summed E-state index contributed by atoms with van der Waals surface area (Å²) < 4.78 is 10.5. The number of aromatic nitrogens is 6. The van der Waals surface area contributed by atoms with E-state index in [2.05, 4.69) is 41.0 Å². The molecule has 0 aliphatic rings. The molecule has 46 heavy (non-hydrogen) atoms. The Hall–Kier alpha value is -6.18. The van der Waals surface area contributed by atoms with Crippen LogP contribution in [-0.4, -0.2) is 80.6 Å². The largest absolute Gasteiger partial charge is 0.497 e. The maximum atomic E-state index is 12.5. The molecule has 0 aliphatic heterocycles. The number of aryl methyl sites for hydroxylation is 2. The normalized spacial score (nSPS) is 10.7. The van der Waals surface area contributed by atoms with Gasteiger partial charge in [0.15, 0.2) is 17.3 Å². The SMILES string of the molecule is COc1ccc2c(C(=O)N(C)C)nc(Nc3cc(C)[nH]n3)cc2c1.COc1ccc2c(C(=O)O)nc(Nc3cc(C)[nH]n3)cc2c1. The molecule has 0 radical (unpaired) electrons. The summed E-state index contributed by atoms with van der Waals surface area (Å²) >= 11 is 0. The number of amides is 1. The van der Waals surface area contributed by atoms with Crippen LogP contribution in [0.3, 0.4) is 0 Å². The zero-order valence-corrected chi connectivity index (χ0v) is 26.1. The number of pyridine rings is 2. The lowest BCUT2D eigenvalue weighted by atomic mass is 10.1. The molecule has 4 heterocycles. The van der Waals surface area contributed by atoms with Gasteiger partial charge in [-0.05, 0) is 73.2 Å². The molecule has 0 unspecified atom stereocenters. The molecule has 0 saturated carbocycles. The van der Waals surface area contributed by atoms with Crippen LogP contribution < -0.4 is 20.1 Å². The van der Waals surface area contributed by atoms with E-state index in [1.54, 1.807) is 58.6 Å². The minimum atomic E-state index is -1.09. The number of nitrogens with zero attached hydrogens (tertiary/aromatic N) is 5. The van der Waals surface area contributed by atoms with Crippen molar-refractivity contribution >= 4 is 56.7 Å². The number of carboxylic acids is 1. The van der Waals surface area contributed by atoms with E-state index in [4.69, 9.17) is 9.47 Å². The number of ether oxygens (including phenoxy) is 2. The van der Waals surface area contributed by atoms with Gasteiger partial charge < -0.3 is 30.1 Å². The van der Waals surface area contributed by atoms with Gasteiger partial charge in [-0.3, -0.25) is 15.0 Å². The van der Waals surface area contributed by atoms with E-state index in [-0.39, 0.29) is 11.6 Å². The van der Waals surface area contributed by atoms with Crippen molar-refractivity contribution in [3.63, 3.8) is 0 Å². The molecule has 6 rings (SSSR count). The first kappa shape index (κ1) is 31.3. The monoisotopic (exact) mass is 623 g/mol. The number of aromatic amines is 2. The summed E-state index contributed by atoms with van der Waals surface area (Å²) in [6.45, 7) is 3.79. The highest BCUT2D eigenvalue weighted by atomic mass is 16.5. The molecule has 236 valence electrons. The van der Waals surface area contributed by atoms with E-state index >= 15 is 0 Å². The lowest BCUT2D eigenvalue weighted by molar-refractivity contribution is 0.0692. The van der Waals surface area contributed by atoms with Crippen LogP contribution in [0.1, 0.15) is 32.4 Å². The van der Waals surface area contributed by atoms with Crippen LogP contribution in [0.15, 0.2) is 60.7 Å². The van der Waals surface area contributed by atoms with Gasteiger partial charge in [0.05, 0.1) is 14.2 Å². The van der Waals surface area contributed by atoms with Crippen molar-refractivity contribution in [2.75, 3.05) is 38.9 Å². The summed E-state index contributed by atoms with van der Waals surface area (Å²) in [4.78, 5) is 34.1. The number of rotatable bonds is 8. The molecule has 0 aliphatic carbocycles. The molecule has 14 heteroatoms. The smallest absolute Gasteiger partial charge is 0.355 e. The van der Waals surface area contributed by atoms with Crippen LogP contribution in [-0.2, 0) is 0 Å². The van der Waals surface area contributed by atoms with Gasteiger partial charge in [-0.15, -0.1) is 0 Å². The second kappa shape index (κ2) is 13.2. The van der Waals surface area contributed by atoms with Crippen molar-refractivity contribution in [2.24, 2.45) is 0 Å². The summed E-state index contributed by atoms with van der Waals surface area (Å²) in [6.07, 6.45) is 0. The zero-order chi connectivity index (χ0) is 33.0. The van der Waals surface area contributed by atoms with Crippen molar-refractivity contribution in [3.8, 4) is 11.5 Å². The van der Waals surface area contributed by atoms with Gasteiger partial charge in [-0.1, -0.05) is 0 Å². The standard InChI is InChI=1S/C17H19N5O2.C15H14N4O3/c1-10-7-15(21-20-10)18-14-9-11-8-12(24-4)5-6-13(11)16(19-14)17(23)22(2)3;1-8-5-13(19-18-8)16-12-7-9-6-10(22-2)3-4-11(9)14(17-12)15(20)21/h5-9H,1-4H3,(H2,18,19,20,21);3-7H,1-2H3,(H,20,21)(H2,16,17,18,19). The van der Waals surface area contributed by atoms with E-state index in [1.807, 2.05) is 44.2 Å². The maximum Gasteiger partial charge on any atom is 0.355 e.